The summed E-state index contributed by atoms with van der Waals surface area (Å²) in [5, 5.41) is 0. The minimum atomic E-state index is -0.0785. The zero-order valence-electron chi connectivity index (χ0n) is 15.3. The molecule has 1 atom stereocenters. The van der Waals surface area contributed by atoms with Gasteiger partial charge in [0, 0.05) is 19.0 Å². The first-order valence-electron chi connectivity index (χ1n) is 8.91. The molecule has 4 nitrogen and oxygen atoms in total. The predicted molar refractivity (Wildman–Crippen MR) is 108 cm³/mol. The van der Waals surface area contributed by atoms with Crippen molar-refractivity contribution < 1.29 is 9.53 Å². The number of amides is 1. The first kappa shape index (κ1) is 22.0. The number of carbonyl (C=O) groups excluding carboxylic acids is 1. The van der Waals surface area contributed by atoms with Crippen molar-refractivity contribution in [2.45, 2.75) is 26.3 Å². The van der Waals surface area contributed by atoms with Crippen LogP contribution in [0.2, 0.25) is 0 Å². The summed E-state index contributed by atoms with van der Waals surface area (Å²) < 4.78 is 5.72. The molecule has 0 heterocycles. The zero-order valence-corrected chi connectivity index (χ0v) is 16.2. The van der Waals surface area contributed by atoms with Gasteiger partial charge >= 0.3 is 0 Å². The number of nitrogens with two attached hydrogens (primary N) is 1. The van der Waals surface area contributed by atoms with Gasteiger partial charge in [0.2, 0.25) is 5.91 Å². The van der Waals surface area contributed by atoms with E-state index in [1.54, 1.807) is 0 Å². The maximum Gasteiger partial charge on any atom is 0.225 e. The summed E-state index contributed by atoms with van der Waals surface area (Å²) in [7, 11) is 0. The molecule has 0 aliphatic rings. The normalized spacial score (nSPS) is 11.3. The number of carbonyl (C=O) groups is 1. The third-order valence-electron chi connectivity index (χ3n) is 4.14. The van der Waals surface area contributed by atoms with E-state index in [1.165, 1.54) is 0 Å². The summed E-state index contributed by atoms with van der Waals surface area (Å²) in [5.74, 6) is 0.922. The summed E-state index contributed by atoms with van der Waals surface area (Å²) in [6.45, 7) is 4.41. The van der Waals surface area contributed by atoms with E-state index in [0.717, 1.165) is 17.7 Å². The second-order valence-corrected chi connectivity index (χ2v) is 6.24. The predicted octanol–water partition coefficient (Wildman–Crippen LogP) is 3.89. The summed E-state index contributed by atoms with van der Waals surface area (Å²) in [4.78, 5) is 14.7. The molecule has 0 saturated carbocycles. The van der Waals surface area contributed by atoms with E-state index in [9.17, 15) is 4.79 Å². The Morgan fingerprint density at radius 2 is 1.69 bits per heavy atom. The lowest BCUT2D eigenvalue weighted by molar-refractivity contribution is -0.136. The van der Waals surface area contributed by atoms with Crippen LogP contribution in [0.25, 0.3) is 0 Å². The van der Waals surface area contributed by atoms with Gasteiger partial charge in [-0.25, -0.2) is 0 Å². The van der Waals surface area contributed by atoms with Crippen molar-refractivity contribution >= 4 is 18.3 Å². The molecular weight excluding hydrogens is 348 g/mol. The van der Waals surface area contributed by atoms with E-state index < -0.39 is 0 Å². The smallest absolute Gasteiger partial charge is 0.225 e. The van der Waals surface area contributed by atoms with Crippen molar-refractivity contribution in [1.29, 1.82) is 0 Å². The van der Waals surface area contributed by atoms with E-state index in [1.807, 2.05) is 72.5 Å². The number of ether oxygens (including phenoxy) is 1. The van der Waals surface area contributed by atoms with Gasteiger partial charge in [0.1, 0.15) is 5.75 Å². The van der Waals surface area contributed by atoms with Crippen molar-refractivity contribution in [2.75, 3.05) is 19.7 Å². The summed E-state index contributed by atoms with van der Waals surface area (Å²) >= 11 is 0. The molecule has 2 rings (SSSR count). The standard InChI is InChI=1S/C21H28N2O2.ClH/c1-18(13-16-25-20-11-6-3-7-12-20)21(24)23(15-8-14-22)17-19-9-4-2-5-10-19;/h2-7,9-12,18H,8,13-17,22H2,1H3;1H. The Morgan fingerprint density at radius 1 is 1.08 bits per heavy atom. The fourth-order valence-electron chi connectivity index (χ4n) is 2.66. The summed E-state index contributed by atoms with van der Waals surface area (Å²) in [6.07, 6.45) is 1.51. The van der Waals surface area contributed by atoms with Gasteiger partial charge in [0.25, 0.3) is 0 Å². The summed E-state index contributed by atoms with van der Waals surface area (Å²) in [5.41, 5.74) is 6.77. The molecule has 0 aromatic heterocycles. The number of hydrogen-bond donors (Lipinski definition) is 1. The van der Waals surface area contributed by atoms with Gasteiger partial charge in [-0.05, 0) is 37.1 Å². The van der Waals surface area contributed by atoms with Crippen LogP contribution in [-0.4, -0.2) is 30.5 Å². The number of nitrogens with zero attached hydrogens (tertiary/aromatic N) is 1. The van der Waals surface area contributed by atoms with E-state index in [0.29, 0.717) is 32.7 Å². The van der Waals surface area contributed by atoms with E-state index in [2.05, 4.69) is 0 Å². The molecule has 5 heteroatoms. The molecule has 0 aliphatic heterocycles. The topological polar surface area (TPSA) is 55.6 Å². The minimum absolute atomic E-state index is 0. The quantitative estimate of drug-likeness (QED) is 0.684. The fourth-order valence-corrected chi connectivity index (χ4v) is 2.66. The average molecular weight is 377 g/mol. The van der Waals surface area contributed by atoms with Crippen molar-refractivity contribution in [3.05, 3.63) is 66.2 Å². The maximum atomic E-state index is 12.8. The molecule has 2 aromatic rings. The molecular formula is C21H29ClN2O2. The number of benzene rings is 2. The first-order valence-corrected chi connectivity index (χ1v) is 8.91. The molecule has 142 valence electrons. The van der Waals surface area contributed by atoms with Gasteiger partial charge in [0.05, 0.1) is 6.61 Å². The highest BCUT2D eigenvalue weighted by atomic mass is 35.5. The van der Waals surface area contributed by atoms with Crippen LogP contribution in [0, 0.1) is 5.92 Å². The molecule has 26 heavy (non-hydrogen) atoms. The molecule has 0 aliphatic carbocycles. The van der Waals surface area contributed by atoms with Crippen LogP contribution in [0.3, 0.4) is 0 Å². The minimum Gasteiger partial charge on any atom is -0.494 e. The van der Waals surface area contributed by atoms with Crippen LogP contribution in [0.4, 0.5) is 0 Å². The van der Waals surface area contributed by atoms with Gasteiger partial charge in [-0.15, -0.1) is 12.4 Å². The van der Waals surface area contributed by atoms with E-state index in [-0.39, 0.29) is 24.2 Å². The Morgan fingerprint density at radius 3 is 2.31 bits per heavy atom. The van der Waals surface area contributed by atoms with Crippen LogP contribution < -0.4 is 10.5 Å². The molecule has 1 amide bonds. The highest BCUT2D eigenvalue weighted by molar-refractivity contribution is 5.85. The molecule has 2 aromatic carbocycles. The number of halogens is 1. The van der Waals surface area contributed by atoms with Gasteiger partial charge in [-0.2, -0.15) is 0 Å². The van der Waals surface area contributed by atoms with Crippen molar-refractivity contribution in [3.63, 3.8) is 0 Å². The van der Waals surface area contributed by atoms with Crippen LogP contribution in [0.15, 0.2) is 60.7 Å². The Kier molecular flexibility index (Phi) is 10.4. The lowest BCUT2D eigenvalue weighted by atomic mass is 10.1. The molecule has 2 N–H and O–H groups in total. The van der Waals surface area contributed by atoms with Crippen LogP contribution in [-0.2, 0) is 11.3 Å². The molecule has 0 spiro atoms. The van der Waals surface area contributed by atoms with Crippen molar-refractivity contribution in [2.24, 2.45) is 11.7 Å². The molecule has 0 fully saturated rings. The summed E-state index contributed by atoms with van der Waals surface area (Å²) in [6, 6.07) is 19.8. The van der Waals surface area contributed by atoms with Crippen molar-refractivity contribution in [1.82, 2.24) is 4.90 Å². The molecule has 0 saturated heterocycles. The molecule has 0 bridgehead atoms. The largest absolute Gasteiger partial charge is 0.494 e. The molecule has 0 radical (unpaired) electrons. The lowest BCUT2D eigenvalue weighted by Crippen LogP contribution is -2.36. The van der Waals surface area contributed by atoms with Gasteiger partial charge in [0.15, 0.2) is 0 Å². The molecule has 1 unspecified atom stereocenters. The Balaban J connectivity index is 0.00000338. The number of hydrogen-bond acceptors (Lipinski definition) is 3. The van der Waals surface area contributed by atoms with Crippen LogP contribution in [0.5, 0.6) is 5.75 Å². The third kappa shape index (κ3) is 7.46. The highest BCUT2D eigenvalue weighted by Crippen LogP contribution is 2.14. The second kappa shape index (κ2) is 12.3. The highest BCUT2D eigenvalue weighted by Gasteiger charge is 2.20. The van der Waals surface area contributed by atoms with Gasteiger partial charge in [-0.3, -0.25) is 4.79 Å². The van der Waals surface area contributed by atoms with Gasteiger partial charge in [-0.1, -0.05) is 55.5 Å². The Hall–Kier alpha value is -2.04. The van der Waals surface area contributed by atoms with Crippen molar-refractivity contribution in [3.8, 4) is 5.75 Å². The zero-order chi connectivity index (χ0) is 17.9. The van der Waals surface area contributed by atoms with E-state index in [4.69, 9.17) is 10.5 Å². The monoisotopic (exact) mass is 376 g/mol. The fraction of sp³-hybridized carbons (Fsp3) is 0.381. The first-order chi connectivity index (χ1) is 12.2. The van der Waals surface area contributed by atoms with Crippen LogP contribution >= 0.6 is 12.4 Å². The maximum absolute atomic E-state index is 12.8. The lowest BCUT2D eigenvalue weighted by Gasteiger charge is -2.26. The average Bonchev–Trinajstić information content (AvgIpc) is 2.66. The number of para-hydroxylation sites is 1. The SMILES string of the molecule is CC(CCOc1ccccc1)C(=O)N(CCCN)Cc1ccccc1.Cl. The van der Waals surface area contributed by atoms with Gasteiger partial charge < -0.3 is 15.4 Å². The van der Waals surface area contributed by atoms with Crippen LogP contribution in [0.1, 0.15) is 25.3 Å². The Bertz CT molecular complexity index is 622. The number of rotatable bonds is 10. The second-order valence-electron chi connectivity index (χ2n) is 6.24. The van der Waals surface area contributed by atoms with E-state index >= 15 is 0 Å². The third-order valence-corrected chi connectivity index (χ3v) is 4.14. The Labute approximate surface area is 162 Å².